The number of benzene rings is 1. The first-order chi connectivity index (χ1) is 8.24. The first-order valence-electron chi connectivity index (χ1n) is 6.15. The number of anilines is 1. The van der Waals surface area contributed by atoms with E-state index < -0.39 is 0 Å². The van der Waals surface area contributed by atoms with Crippen molar-refractivity contribution in [2.24, 2.45) is 0 Å². The topological polar surface area (TPSA) is 52.6 Å². The maximum absolute atomic E-state index is 12.0. The molecule has 0 aliphatic heterocycles. The lowest BCUT2D eigenvalue weighted by molar-refractivity contribution is -0.119. The third kappa shape index (κ3) is 3.74. The Morgan fingerprint density at radius 3 is 2.44 bits per heavy atom. The smallest absolute Gasteiger partial charge is 0.241 e. The van der Waals surface area contributed by atoms with Crippen LogP contribution in [0.4, 0.5) is 5.69 Å². The van der Waals surface area contributed by atoms with Gasteiger partial charge >= 0.3 is 0 Å². The van der Waals surface area contributed by atoms with Crippen LogP contribution in [0.15, 0.2) is 18.2 Å². The van der Waals surface area contributed by atoms with E-state index in [1.165, 1.54) is 0 Å². The van der Waals surface area contributed by atoms with Gasteiger partial charge in [-0.1, -0.05) is 6.92 Å². The lowest BCUT2D eigenvalue weighted by Gasteiger charge is -2.31. The third-order valence-electron chi connectivity index (χ3n) is 2.44. The monoisotopic (exact) mass is 250 g/mol. The predicted octanol–water partition coefficient (Wildman–Crippen LogP) is 2.75. The van der Waals surface area contributed by atoms with E-state index in [1.54, 1.807) is 23.2 Å². The van der Waals surface area contributed by atoms with Crippen LogP contribution < -0.4 is 10.4 Å². The first kappa shape index (κ1) is 14.5. The highest BCUT2D eigenvalue weighted by Gasteiger charge is 2.20. The number of hydrogen-bond acceptors (Lipinski definition) is 3. The van der Waals surface area contributed by atoms with E-state index in [1.807, 2.05) is 34.6 Å². The van der Waals surface area contributed by atoms with Gasteiger partial charge in [0.15, 0.2) is 0 Å². The van der Waals surface area contributed by atoms with Crippen molar-refractivity contribution in [3.63, 3.8) is 0 Å². The van der Waals surface area contributed by atoms with E-state index in [4.69, 9.17) is 0 Å². The Bertz CT molecular complexity index is 436. The van der Waals surface area contributed by atoms with Gasteiger partial charge in [0.05, 0.1) is 5.69 Å². The van der Waals surface area contributed by atoms with Crippen LogP contribution in [0.1, 0.15) is 39.7 Å². The van der Waals surface area contributed by atoms with Crippen molar-refractivity contribution in [2.45, 2.75) is 46.6 Å². The van der Waals surface area contributed by atoms with Gasteiger partial charge in [-0.25, -0.2) is 10.4 Å². The highest BCUT2D eigenvalue weighted by Crippen LogP contribution is 2.23. The molecule has 2 N–H and O–H groups in total. The summed E-state index contributed by atoms with van der Waals surface area (Å²) in [7, 11) is 0. The van der Waals surface area contributed by atoms with E-state index in [-0.39, 0.29) is 17.2 Å². The summed E-state index contributed by atoms with van der Waals surface area (Å²) in [6, 6.07) is 5.13. The predicted molar refractivity (Wildman–Crippen MR) is 73.5 cm³/mol. The Kier molecular flexibility index (Phi) is 4.35. The molecule has 18 heavy (non-hydrogen) atoms. The van der Waals surface area contributed by atoms with Crippen molar-refractivity contribution >= 4 is 11.6 Å². The lowest BCUT2D eigenvalue weighted by atomic mass is 10.1. The molecule has 0 bridgehead atoms. The molecule has 0 aliphatic carbocycles. The van der Waals surface area contributed by atoms with Crippen molar-refractivity contribution in [3.8, 4) is 5.75 Å². The summed E-state index contributed by atoms with van der Waals surface area (Å²) in [4.78, 5) is 12.0. The van der Waals surface area contributed by atoms with Crippen molar-refractivity contribution in [3.05, 3.63) is 23.8 Å². The van der Waals surface area contributed by atoms with Gasteiger partial charge in [-0.05, 0) is 51.5 Å². The minimum atomic E-state index is -0.212. The summed E-state index contributed by atoms with van der Waals surface area (Å²) in [5.41, 5.74) is 4.45. The summed E-state index contributed by atoms with van der Waals surface area (Å²) >= 11 is 0. The summed E-state index contributed by atoms with van der Waals surface area (Å²) in [6.45, 7) is 9.63. The van der Waals surface area contributed by atoms with Gasteiger partial charge in [0.2, 0.25) is 5.91 Å². The van der Waals surface area contributed by atoms with Crippen LogP contribution in [0, 0.1) is 6.92 Å². The molecular formula is C14H22N2O2. The van der Waals surface area contributed by atoms with Gasteiger partial charge in [0, 0.05) is 12.0 Å². The number of rotatable bonds is 3. The highest BCUT2D eigenvalue weighted by atomic mass is 16.3. The number of hydrogen-bond donors (Lipinski definition) is 2. The van der Waals surface area contributed by atoms with E-state index in [0.717, 1.165) is 11.3 Å². The number of aromatic hydroxyl groups is 1. The van der Waals surface area contributed by atoms with E-state index >= 15 is 0 Å². The SMILES string of the molecule is CCC(=O)N(NC(C)(C)C)c1ccc(O)c(C)c1. The second kappa shape index (κ2) is 5.40. The fraction of sp³-hybridized carbons (Fsp3) is 0.500. The average Bonchev–Trinajstić information content (AvgIpc) is 2.27. The number of amides is 1. The van der Waals surface area contributed by atoms with Gasteiger partial charge in [-0.3, -0.25) is 4.79 Å². The van der Waals surface area contributed by atoms with E-state index in [0.29, 0.717) is 6.42 Å². The standard InChI is InChI=1S/C14H22N2O2/c1-6-13(18)16(15-14(3,4)5)11-7-8-12(17)10(2)9-11/h7-9,15,17H,6H2,1-5H3. The molecule has 100 valence electrons. The van der Waals surface area contributed by atoms with Gasteiger partial charge < -0.3 is 5.11 Å². The van der Waals surface area contributed by atoms with Gasteiger partial charge in [-0.15, -0.1) is 0 Å². The van der Waals surface area contributed by atoms with Gasteiger partial charge in [0.25, 0.3) is 0 Å². The van der Waals surface area contributed by atoms with Crippen molar-refractivity contribution in [1.82, 2.24) is 5.43 Å². The second-order valence-electron chi connectivity index (χ2n) is 5.42. The van der Waals surface area contributed by atoms with Crippen LogP contribution in [0.2, 0.25) is 0 Å². The van der Waals surface area contributed by atoms with Crippen LogP contribution in [-0.4, -0.2) is 16.6 Å². The van der Waals surface area contributed by atoms with Crippen molar-refractivity contribution in [2.75, 3.05) is 5.01 Å². The molecule has 0 saturated carbocycles. The Labute approximate surface area is 109 Å². The Hall–Kier alpha value is -1.55. The maximum atomic E-state index is 12.0. The molecule has 1 rings (SSSR count). The molecule has 0 atom stereocenters. The largest absolute Gasteiger partial charge is 0.508 e. The number of aryl methyl sites for hydroxylation is 1. The fourth-order valence-electron chi connectivity index (χ4n) is 1.54. The number of phenolic OH excluding ortho intramolecular Hbond substituents is 1. The molecule has 4 heteroatoms. The zero-order chi connectivity index (χ0) is 13.9. The van der Waals surface area contributed by atoms with Crippen molar-refractivity contribution < 1.29 is 9.90 Å². The summed E-state index contributed by atoms with van der Waals surface area (Å²) in [5, 5.41) is 11.1. The van der Waals surface area contributed by atoms with Gasteiger partial charge in [0.1, 0.15) is 5.75 Å². The molecule has 0 spiro atoms. The van der Waals surface area contributed by atoms with E-state index in [2.05, 4.69) is 5.43 Å². The molecule has 1 aromatic carbocycles. The zero-order valence-corrected chi connectivity index (χ0v) is 11.7. The Morgan fingerprint density at radius 2 is 2.00 bits per heavy atom. The molecule has 4 nitrogen and oxygen atoms in total. The van der Waals surface area contributed by atoms with E-state index in [9.17, 15) is 9.90 Å². The molecule has 1 aromatic rings. The minimum Gasteiger partial charge on any atom is -0.508 e. The molecule has 0 saturated heterocycles. The molecular weight excluding hydrogens is 228 g/mol. The molecule has 0 unspecified atom stereocenters. The molecule has 0 fully saturated rings. The fourth-order valence-corrected chi connectivity index (χ4v) is 1.54. The summed E-state index contributed by atoms with van der Waals surface area (Å²) in [6.07, 6.45) is 0.420. The van der Waals surface area contributed by atoms with Crippen LogP contribution >= 0.6 is 0 Å². The summed E-state index contributed by atoms with van der Waals surface area (Å²) in [5.74, 6) is 0.230. The number of phenols is 1. The first-order valence-corrected chi connectivity index (χ1v) is 6.15. The number of hydrazine groups is 1. The number of nitrogens with one attached hydrogen (secondary N) is 1. The zero-order valence-electron chi connectivity index (χ0n) is 11.7. The van der Waals surface area contributed by atoms with Crippen LogP contribution in [-0.2, 0) is 4.79 Å². The molecule has 0 aliphatic rings. The van der Waals surface area contributed by atoms with Crippen molar-refractivity contribution in [1.29, 1.82) is 0 Å². The highest BCUT2D eigenvalue weighted by molar-refractivity contribution is 5.92. The second-order valence-corrected chi connectivity index (χ2v) is 5.42. The molecule has 0 radical (unpaired) electrons. The lowest BCUT2D eigenvalue weighted by Crippen LogP contribution is -2.52. The molecule has 1 amide bonds. The Morgan fingerprint density at radius 1 is 1.39 bits per heavy atom. The Balaban J connectivity index is 3.09. The molecule has 0 heterocycles. The number of carbonyl (C=O) groups excluding carboxylic acids is 1. The normalized spacial score (nSPS) is 11.4. The number of carbonyl (C=O) groups is 1. The molecule has 0 aromatic heterocycles. The third-order valence-corrected chi connectivity index (χ3v) is 2.44. The van der Waals surface area contributed by atoms with Crippen LogP contribution in [0.5, 0.6) is 5.75 Å². The number of nitrogens with zero attached hydrogens (tertiary/aromatic N) is 1. The summed E-state index contributed by atoms with van der Waals surface area (Å²) < 4.78 is 0. The van der Waals surface area contributed by atoms with Gasteiger partial charge in [-0.2, -0.15) is 0 Å². The minimum absolute atomic E-state index is 0.00462. The maximum Gasteiger partial charge on any atom is 0.241 e. The van der Waals surface area contributed by atoms with Crippen LogP contribution in [0.3, 0.4) is 0 Å². The van der Waals surface area contributed by atoms with Crippen LogP contribution in [0.25, 0.3) is 0 Å². The quantitative estimate of drug-likeness (QED) is 0.811. The average molecular weight is 250 g/mol.